The number of nitrogens with one attached hydrogen (secondary N) is 1. The highest BCUT2D eigenvalue weighted by Crippen LogP contribution is 2.33. The van der Waals surface area contributed by atoms with E-state index in [0.717, 1.165) is 17.9 Å². The van der Waals surface area contributed by atoms with Crippen molar-refractivity contribution in [2.24, 2.45) is 11.8 Å². The van der Waals surface area contributed by atoms with E-state index in [1.807, 2.05) is 0 Å². The molecule has 1 aliphatic heterocycles. The summed E-state index contributed by atoms with van der Waals surface area (Å²) in [5.41, 5.74) is 0.303. The fourth-order valence-corrected chi connectivity index (χ4v) is 3.01. The van der Waals surface area contributed by atoms with Crippen LogP contribution < -0.4 is 5.32 Å². The smallest absolute Gasteiger partial charge is 0.0252 e. The van der Waals surface area contributed by atoms with Gasteiger partial charge in [-0.3, -0.25) is 4.90 Å². The summed E-state index contributed by atoms with van der Waals surface area (Å²) in [6.45, 7) is 13.1. The van der Waals surface area contributed by atoms with Crippen LogP contribution >= 0.6 is 0 Å². The molecule has 0 amide bonds. The zero-order valence-corrected chi connectivity index (χ0v) is 12.1. The highest BCUT2D eigenvalue weighted by molar-refractivity contribution is 4.93. The third kappa shape index (κ3) is 4.26. The van der Waals surface area contributed by atoms with E-state index >= 15 is 0 Å². The summed E-state index contributed by atoms with van der Waals surface area (Å²) >= 11 is 0. The standard InChI is InChI=1S/C15H30N2/c1-12(2)9-14-10-16-15(3,4)11-17(14)8-7-13-5-6-13/h12-14,16H,5-11H2,1-4H3. The van der Waals surface area contributed by atoms with Crippen LogP contribution in [-0.4, -0.2) is 36.1 Å². The first-order valence-corrected chi connectivity index (χ1v) is 7.45. The Morgan fingerprint density at radius 2 is 2.00 bits per heavy atom. The second kappa shape index (κ2) is 5.27. The molecule has 1 atom stereocenters. The Hall–Kier alpha value is -0.0800. The van der Waals surface area contributed by atoms with E-state index in [-0.39, 0.29) is 0 Å². The van der Waals surface area contributed by atoms with Gasteiger partial charge in [0.05, 0.1) is 0 Å². The zero-order chi connectivity index (χ0) is 12.5. The number of hydrogen-bond donors (Lipinski definition) is 1. The molecule has 0 radical (unpaired) electrons. The van der Waals surface area contributed by atoms with Crippen molar-refractivity contribution in [1.82, 2.24) is 10.2 Å². The highest BCUT2D eigenvalue weighted by atomic mass is 15.2. The number of piperazine rings is 1. The molecule has 0 aromatic carbocycles. The summed E-state index contributed by atoms with van der Waals surface area (Å²) in [5.74, 6) is 1.87. The molecule has 1 unspecified atom stereocenters. The third-order valence-electron chi connectivity index (χ3n) is 4.20. The van der Waals surface area contributed by atoms with Crippen molar-refractivity contribution in [3.05, 3.63) is 0 Å². The molecule has 0 aromatic heterocycles. The lowest BCUT2D eigenvalue weighted by molar-refractivity contribution is 0.0802. The van der Waals surface area contributed by atoms with Crippen molar-refractivity contribution in [2.45, 2.75) is 65.0 Å². The molecule has 0 aromatic rings. The average Bonchev–Trinajstić information content (AvgIpc) is 3.01. The van der Waals surface area contributed by atoms with Crippen molar-refractivity contribution in [3.63, 3.8) is 0 Å². The Morgan fingerprint density at radius 3 is 2.59 bits per heavy atom. The van der Waals surface area contributed by atoms with Crippen molar-refractivity contribution < 1.29 is 0 Å². The molecular weight excluding hydrogens is 208 g/mol. The van der Waals surface area contributed by atoms with Gasteiger partial charge in [-0.05, 0) is 45.1 Å². The maximum absolute atomic E-state index is 3.71. The van der Waals surface area contributed by atoms with Crippen LogP contribution in [0.15, 0.2) is 0 Å². The van der Waals surface area contributed by atoms with Gasteiger partial charge in [-0.1, -0.05) is 26.7 Å². The summed E-state index contributed by atoms with van der Waals surface area (Å²) in [7, 11) is 0. The third-order valence-corrected chi connectivity index (χ3v) is 4.20. The van der Waals surface area contributed by atoms with Gasteiger partial charge >= 0.3 is 0 Å². The molecule has 0 bridgehead atoms. The Bertz CT molecular complexity index is 243. The van der Waals surface area contributed by atoms with Crippen LogP contribution in [-0.2, 0) is 0 Å². The van der Waals surface area contributed by atoms with Gasteiger partial charge in [0.1, 0.15) is 0 Å². The average molecular weight is 238 g/mol. The lowest BCUT2D eigenvalue weighted by Gasteiger charge is -2.45. The van der Waals surface area contributed by atoms with E-state index < -0.39 is 0 Å². The Balaban J connectivity index is 1.87. The maximum Gasteiger partial charge on any atom is 0.0252 e. The van der Waals surface area contributed by atoms with Gasteiger partial charge in [0.2, 0.25) is 0 Å². The quantitative estimate of drug-likeness (QED) is 0.792. The molecule has 1 aliphatic carbocycles. The van der Waals surface area contributed by atoms with Gasteiger partial charge in [-0.25, -0.2) is 0 Å². The highest BCUT2D eigenvalue weighted by Gasteiger charge is 2.33. The summed E-state index contributed by atoms with van der Waals surface area (Å²) < 4.78 is 0. The molecule has 1 heterocycles. The van der Waals surface area contributed by atoms with E-state index in [0.29, 0.717) is 5.54 Å². The minimum Gasteiger partial charge on any atom is -0.309 e. The second-order valence-electron chi connectivity index (χ2n) is 7.25. The van der Waals surface area contributed by atoms with E-state index in [2.05, 4.69) is 37.9 Å². The number of rotatable bonds is 5. The lowest BCUT2D eigenvalue weighted by atomic mass is 9.93. The molecule has 2 rings (SSSR count). The first-order valence-electron chi connectivity index (χ1n) is 7.45. The molecular formula is C15H30N2. The second-order valence-corrected chi connectivity index (χ2v) is 7.25. The fraction of sp³-hybridized carbons (Fsp3) is 1.00. The lowest BCUT2D eigenvalue weighted by Crippen LogP contribution is -2.61. The molecule has 2 heteroatoms. The molecule has 2 nitrogen and oxygen atoms in total. The summed E-state index contributed by atoms with van der Waals surface area (Å²) in [6.07, 6.45) is 5.76. The first kappa shape index (κ1) is 13.4. The molecule has 1 saturated heterocycles. The zero-order valence-electron chi connectivity index (χ0n) is 12.1. The summed E-state index contributed by atoms with van der Waals surface area (Å²) in [5, 5.41) is 3.71. The minimum absolute atomic E-state index is 0.303. The van der Waals surface area contributed by atoms with Crippen LogP contribution in [0.3, 0.4) is 0 Å². The van der Waals surface area contributed by atoms with Crippen molar-refractivity contribution in [2.75, 3.05) is 19.6 Å². The largest absolute Gasteiger partial charge is 0.309 e. The predicted molar refractivity (Wildman–Crippen MR) is 74.2 cm³/mol. The summed E-state index contributed by atoms with van der Waals surface area (Å²) in [6, 6.07) is 0.766. The monoisotopic (exact) mass is 238 g/mol. The van der Waals surface area contributed by atoms with Gasteiger partial charge in [0.25, 0.3) is 0 Å². The van der Waals surface area contributed by atoms with Crippen molar-refractivity contribution in [3.8, 4) is 0 Å². The van der Waals surface area contributed by atoms with Crippen molar-refractivity contribution in [1.29, 1.82) is 0 Å². The van der Waals surface area contributed by atoms with E-state index in [4.69, 9.17) is 0 Å². The van der Waals surface area contributed by atoms with Crippen LogP contribution in [0, 0.1) is 11.8 Å². The van der Waals surface area contributed by atoms with Crippen LogP contribution in [0.2, 0.25) is 0 Å². The van der Waals surface area contributed by atoms with Gasteiger partial charge in [0, 0.05) is 24.7 Å². The molecule has 2 aliphatic rings. The molecule has 2 fully saturated rings. The van der Waals surface area contributed by atoms with E-state index in [1.165, 1.54) is 45.3 Å². The Kier molecular flexibility index (Phi) is 4.14. The van der Waals surface area contributed by atoms with E-state index in [9.17, 15) is 0 Å². The first-order chi connectivity index (χ1) is 7.96. The van der Waals surface area contributed by atoms with Gasteiger partial charge < -0.3 is 5.32 Å². The fourth-order valence-electron chi connectivity index (χ4n) is 3.01. The van der Waals surface area contributed by atoms with Gasteiger partial charge in [-0.15, -0.1) is 0 Å². The Labute approximate surface area is 107 Å². The number of nitrogens with zero attached hydrogens (tertiary/aromatic N) is 1. The Morgan fingerprint density at radius 1 is 1.29 bits per heavy atom. The van der Waals surface area contributed by atoms with Crippen LogP contribution in [0.4, 0.5) is 0 Å². The van der Waals surface area contributed by atoms with Crippen molar-refractivity contribution >= 4 is 0 Å². The molecule has 1 saturated carbocycles. The van der Waals surface area contributed by atoms with Gasteiger partial charge in [-0.2, -0.15) is 0 Å². The van der Waals surface area contributed by atoms with Crippen LogP contribution in [0.1, 0.15) is 53.4 Å². The van der Waals surface area contributed by atoms with Crippen LogP contribution in [0.25, 0.3) is 0 Å². The SMILES string of the molecule is CC(C)CC1CNC(C)(C)CN1CCC1CC1. The van der Waals surface area contributed by atoms with E-state index in [1.54, 1.807) is 0 Å². The minimum atomic E-state index is 0.303. The topological polar surface area (TPSA) is 15.3 Å². The van der Waals surface area contributed by atoms with Crippen LogP contribution in [0.5, 0.6) is 0 Å². The maximum atomic E-state index is 3.71. The predicted octanol–water partition coefficient (Wildman–Crippen LogP) is 2.89. The number of hydrogen-bond acceptors (Lipinski definition) is 2. The molecule has 100 valence electrons. The normalized spacial score (nSPS) is 29.8. The molecule has 17 heavy (non-hydrogen) atoms. The molecule has 0 spiro atoms. The molecule has 1 N–H and O–H groups in total. The van der Waals surface area contributed by atoms with Gasteiger partial charge in [0.15, 0.2) is 0 Å². The summed E-state index contributed by atoms with van der Waals surface area (Å²) in [4.78, 5) is 2.76.